The molecule has 124 valence electrons. The van der Waals surface area contributed by atoms with Crippen LogP contribution in [0.3, 0.4) is 0 Å². The van der Waals surface area contributed by atoms with Crippen LogP contribution in [-0.2, 0) is 9.59 Å². The van der Waals surface area contributed by atoms with E-state index in [1.165, 1.54) is 11.1 Å². The summed E-state index contributed by atoms with van der Waals surface area (Å²) in [5.41, 5.74) is 3.51. The van der Waals surface area contributed by atoms with Gasteiger partial charge in [0.2, 0.25) is 5.78 Å². The van der Waals surface area contributed by atoms with Gasteiger partial charge in [0.05, 0.1) is 6.61 Å². The van der Waals surface area contributed by atoms with E-state index in [9.17, 15) is 14.7 Å². The van der Waals surface area contributed by atoms with Gasteiger partial charge in [-0.15, -0.1) is 0 Å². The number of aliphatic carboxylic acids is 1. The minimum atomic E-state index is -1.39. The van der Waals surface area contributed by atoms with Crippen LogP contribution in [-0.4, -0.2) is 28.6 Å². The molecule has 0 saturated carbocycles. The third-order valence-electron chi connectivity index (χ3n) is 3.30. The number of carbonyl (C=O) groups excluding carboxylic acids is 1. The minimum absolute atomic E-state index is 0.0175. The Balaban J connectivity index is 4.15. The van der Waals surface area contributed by atoms with Crippen molar-refractivity contribution in [2.75, 3.05) is 6.61 Å². The lowest BCUT2D eigenvalue weighted by Gasteiger charge is -2.03. The summed E-state index contributed by atoms with van der Waals surface area (Å²) < 4.78 is 0. The molecule has 0 rings (SSSR count). The summed E-state index contributed by atoms with van der Waals surface area (Å²) in [6.45, 7) is 6.23. The summed E-state index contributed by atoms with van der Waals surface area (Å²) in [6.07, 6.45) is 10.2. The first-order valence-electron chi connectivity index (χ1n) is 7.70. The quantitative estimate of drug-likeness (QED) is 0.449. The van der Waals surface area contributed by atoms with Crippen molar-refractivity contribution in [2.24, 2.45) is 0 Å². The van der Waals surface area contributed by atoms with Crippen LogP contribution in [0.15, 0.2) is 34.9 Å². The number of carbonyl (C=O) groups is 2. The Bertz CT molecular complexity index is 452. The lowest BCUT2D eigenvalue weighted by Crippen LogP contribution is -2.11. The number of rotatable bonds is 11. The van der Waals surface area contributed by atoms with Crippen LogP contribution in [0.1, 0.15) is 59.3 Å². The molecule has 4 nitrogen and oxygen atoms in total. The highest BCUT2D eigenvalue weighted by atomic mass is 16.4. The van der Waals surface area contributed by atoms with Crippen LogP contribution in [0.4, 0.5) is 0 Å². The van der Waals surface area contributed by atoms with Gasteiger partial charge in [-0.3, -0.25) is 4.79 Å². The summed E-state index contributed by atoms with van der Waals surface area (Å²) in [4.78, 5) is 21.3. The number of Topliss-reactive ketones (excluding diaryl/α,β-unsaturated/α-hetero) is 1. The third kappa shape index (κ3) is 11.0. The molecule has 22 heavy (non-hydrogen) atoms. The molecule has 4 heteroatoms. The lowest BCUT2D eigenvalue weighted by molar-refractivity contribution is -0.149. The predicted molar refractivity (Wildman–Crippen MR) is 88.7 cm³/mol. The van der Waals surface area contributed by atoms with Crippen molar-refractivity contribution in [3.63, 3.8) is 0 Å². The second-order valence-electron chi connectivity index (χ2n) is 5.70. The number of allylic oxidation sites excluding steroid dienone is 5. The van der Waals surface area contributed by atoms with E-state index in [1.54, 1.807) is 6.08 Å². The zero-order chi connectivity index (χ0) is 17.0. The van der Waals surface area contributed by atoms with Gasteiger partial charge in [0, 0.05) is 6.42 Å². The summed E-state index contributed by atoms with van der Waals surface area (Å²) >= 11 is 0. The van der Waals surface area contributed by atoms with Gasteiger partial charge < -0.3 is 10.2 Å². The van der Waals surface area contributed by atoms with Crippen molar-refractivity contribution >= 4 is 11.8 Å². The number of aliphatic hydroxyl groups excluding tert-OH is 1. The molecule has 0 unspecified atom stereocenters. The van der Waals surface area contributed by atoms with E-state index in [1.807, 2.05) is 0 Å². The number of hydrogen-bond donors (Lipinski definition) is 2. The van der Waals surface area contributed by atoms with Gasteiger partial charge >= 0.3 is 5.97 Å². The summed E-state index contributed by atoms with van der Waals surface area (Å²) in [7, 11) is 0. The van der Waals surface area contributed by atoms with Gasteiger partial charge in [-0.1, -0.05) is 29.4 Å². The van der Waals surface area contributed by atoms with Crippen molar-refractivity contribution in [3.8, 4) is 0 Å². The van der Waals surface area contributed by atoms with Crippen molar-refractivity contribution < 1.29 is 19.8 Å². The van der Waals surface area contributed by atoms with E-state index < -0.39 is 11.8 Å². The normalized spacial score (nSPS) is 12.2. The highest BCUT2D eigenvalue weighted by Gasteiger charge is 2.09. The number of hydrogen-bond acceptors (Lipinski definition) is 3. The summed E-state index contributed by atoms with van der Waals surface area (Å²) in [5, 5.41) is 17.8. The van der Waals surface area contributed by atoms with Gasteiger partial charge in [-0.05, 0) is 58.4 Å². The molecule has 0 amide bonds. The Hall–Kier alpha value is -1.68. The molecule has 0 aliphatic heterocycles. The van der Waals surface area contributed by atoms with Gasteiger partial charge in [0.15, 0.2) is 0 Å². The molecule has 0 aliphatic carbocycles. The molecule has 2 N–H and O–H groups in total. The molecule has 0 aromatic rings. The molecule has 0 aliphatic rings. The zero-order valence-electron chi connectivity index (χ0n) is 13.9. The topological polar surface area (TPSA) is 74.6 Å². The van der Waals surface area contributed by atoms with E-state index in [2.05, 4.69) is 32.9 Å². The first-order valence-corrected chi connectivity index (χ1v) is 7.70. The number of ketones is 1. The monoisotopic (exact) mass is 308 g/mol. The largest absolute Gasteiger partial charge is 0.476 e. The average Bonchev–Trinajstić information content (AvgIpc) is 2.44. The fourth-order valence-electron chi connectivity index (χ4n) is 1.95. The van der Waals surface area contributed by atoms with Crippen molar-refractivity contribution in [1.29, 1.82) is 0 Å². The maximum Gasteiger partial charge on any atom is 0.372 e. The SMILES string of the molecule is CC(C)=CCC/C(C)=C/CC/C(=C/CCC(=O)C(=O)O)CO. The highest BCUT2D eigenvalue weighted by Crippen LogP contribution is 2.12. The van der Waals surface area contributed by atoms with Gasteiger partial charge in [-0.25, -0.2) is 4.79 Å². The predicted octanol–water partition coefficient (Wildman–Crippen LogP) is 3.81. The van der Waals surface area contributed by atoms with Crippen LogP contribution in [0, 0.1) is 0 Å². The fraction of sp³-hybridized carbons (Fsp3) is 0.556. The van der Waals surface area contributed by atoms with Crippen LogP contribution >= 0.6 is 0 Å². The van der Waals surface area contributed by atoms with Gasteiger partial charge in [0.25, 0.3) is 0 Å². The molecule has 0 atom stereocenters. The average molecular weight is 308 g/mol. The van der Waals surface area contributed by atoms with Crippen LogP contribution in [0.25, 0.3) is 0 Å². The maximum atomic E-state index is 11.0. The van der Waals surface area contributed by atoms with E-state index in [0.717, 1.165) is 31.3 Å². The standard InChI is InChI=1S/C18H28O4/c1-14(2)7-4-8-15(3)9-5-10-16(13-19)11-6-12-17(20)18(21)22/h7,9,11,19H,4-6,8,10,12-13H2,1-3H3,(H,21,22)/b15-9+,16-11-. The zero-order valence-corrected chi connectivity index (χ0v) is 13.9. The van der Waals surface area contributed by atoms with Crippen molar-refractivity contribution in [1.82, 2.24) is 0 Å². The number of aliphatic hydroxyl groups is 1. The summed E-state index contributed by atoms with van der Waals surface area (Å²) in [6, 6.07) is 0. The molecule has 0 bridgehead atoms. The second kappa shape index (κ2) is 11.9. The Morgan fingerprint density at radius 3 is 2.00 bits per heavy atom. The first kappa shape index (κ1) is 20.3. The maximum absolute atomic E-state index is 11.0. The Morgan fingerprint density at radius 2 is 1.45 bits per heavy atom. The number of carboxylic acid groups (broad SMARTS) is 1. The molecule has 0 radical (unpaired) electrons. The van der Waals surface area contributed by atoms with Gasteiger partial charge in [0.1, 0.15) is 0 Å². The van der Waals surface area contributed by atoms with Crippen LogP contribution < -0.4 is 0 Å². The molecule has 0 spiro atoms. The summed E-state index contributed by atoms with van der Waals surface area (Å²) in [5.74, 6) is -2.18. The molecule has 0 heterocycles. The van der Waals surface area contributed by atoms with Gasteiger partial charge in [-0.2, -0.15) is 0 Å². The van der Waals surface area contributed by atoms with E-state index >= 15 is 0 Å². The van der Waals surface area contributed by atoms with Crippen LogP contribution in [0.5, 0.6) is 0 Å². The molecular weight excluding hydrogens is 280 g/mol. The Labute approximate surface area is 133 Å². The Kier molecular flexibility index (Phi) is 11.0. The first-order chi connectivity index (χ1) is 10.4. The third-order valence-corrected chi connectivity index (χ3v) is 3.30. The van der Waals surface area contributed by atoms with E-state index in [0.29, 0.717) is 6.42 Å². The van der Waals surface area contributed by atoms with E-state index in [4.69, 9.17) is 5.11 Å². The van der Waals surface area contributed by atoms with Crippen molar-refractivity contribution in [2.45, 2.75) is 59.3 Å². The second-order valence-corrected chi connectivity index (χ2v) is 5.70. The lowest BCUT2D eigenvalue weighted by atomic mass is 10.0. The minimum Gasteiger partial charge on any atom is -0.476 e. The molecule has 0 saturated heterocycles. The Morgan fingerprint density at radius 1 is 0.864 bits per heavy atom. The molecule has 0 aromatic carbocycles. The van der Waals surface area contributed by atoms with Crippen molar-refractivity contribution in [3.05, 3.63) is 34.9 Å². The molecular formula is C18H28O4. The van der Waals surface area contributed by atoms with E-state index in [-0.39, 0.29) is 13.0 Å². The molecule has 0 aromatic heterocycles. The fourth-order valence-corrected chi connectivity index (χ4v) is 1.95. The van der Waals surface area contributed by atoms with Crippen LogP contribution in [0.2, 0.25) is 0 Å². The molecule has 0 fully saturated rings. The highest BCUT2D eigenvalue weighted by molar-refractivity contribution is 6.32. The number of carboxylic acids is 1. The smallest absolute Gasteiger partial charge is 0.372 e.